The Labute approximate surface area is 139 Å². The van der Waals surface area contributed by atoms with Gasteiger partial charge in [0.25, 0.3) is 0 Å². The Morgan fingerprint density at radius 2 is 1.52 bits per heavy atom. The molecule has 2 aromatic carbocycles. The van der Waals surface area contributed by atoms with Gasteiger partial charge < -0.3 is 4.74 Å². The zero-order valence-electron chi connectivity index (χ0n) is 14.0. The second-order valence-electron chi connectivity index (χ2n) is 6.46. The maximum atomic E-state index is 5.18. The number of hydrogen-bond donors (Lipinski definition) is 0. The molecule has 1 fully saturated rings. The molecule has 1 aliphatic carbocycles. The first-order valence-electron chi connectivity index (χ1n) is 8.47. The van der Waals surface area contributed by atoms with Crippen LogP contribution < -0.4 is 4.74 Å². The van der Waals surface area contributed by atoms with Gasteiger partial charge in [0.15, 0.2) is 0 Å². The number of methoxy groups -OCH3 is 1. The maximum Gasteiger partial charge on any atom is 0.118 e. The molecule has 0 aliphatic heterocycles. The van der Waals surface area contributed by atoms with Crippen molar-refractivity contribution < 1.29 is 4.74 Å². The van der Waals surface area contributed by atoms with E-state index in [1.807, 2.05) is 24.3 Å². The fourth-order valence-corrected chi connectivity index (χ4v) is 3.27. The van der Waals surface area contributed by atoms with Gasteiger partial charge in [0.1, 0.15) is 5.75 Å². The lowest BCUT2D eigenvalue weighted by Gasteiger charge is -2.26. The fourth-order valence-electron chi connectivity index (χ4n) is 3.27. The van der Waals surface area contributed by atoms with Crippen LogP contribution in [0.25, 0.3) is 0 Å². The first kappa shape index (κ1) is 15.7. The van der Waals surface area contributed by atoms with Crippen molar-refractivity contribution in [2.24, 2.45) is 5.92 Å². The summed E-state index contributed by atoms with van der Waals surface area (Å²) in [6.07, 6.45) is 4.93. The Balaban J connectivity index is 1.56. The van der Waals surface area contributed by atoms with Crippen LogP contribution in [0, 0.1) is 24.7 Å². The standard InChI is InChI=1S/C22H24O/c1-17-3-11-20(12-4-17)21-13-7-18(8-14-21)5-6-19-9-15-22(23-2)16-10-19/h3-4,9-12,15-16,18,21H,7-8,13-14H2,1-2H3/t18-,21-. The largest absolute Gasteiger partial charge is 0.497 e. The number of aryl methyl sites for hydroxylation is 1. The summed E-state index contributed by atoms with van der Waals surface area (Å²) in [6, 6.07) is 17.0. The molecule has 1 aliphatic rings. The van der Waals surface area contributed by atoms with Crippen molar-refractivity contribution in [1.82, 2.24) is 0 Å². The lowest BCUT2D eigenvalue weighted by Crippen LogP contribution is -2.12. The van der Waals surface area contributed by atoms with Crippen LogP contribution in [0.1, 0.15) is 48.3 Å². The molecule has 0 N–H and O–H groups in total. The molecule has 0 spiro atoms. The van der Waals surface area contributed by atoms with Crippen molar-refractivity contribution >= 4 is 0 Å². The van der Waals surface area contributed by atoms with Gasteiger partial charge in [0.05, 0.1) is 7.11 Å². The van der Waals surface area contributed by atoms with Crippen LogP contribution in [0.15, 0.2) is 48.5 Å². The quantitative estimate of drug-likeness (QED) is 0.681. The lowest BCUT2D eigenvalue weighted by molar-refractivity contribution is 0.384. The van der Waals surface area contributed by atoms with Crippen LogP contribution in [-0.2, 0) is 0 Å². The molecule has 0 bridgehead atoms. The van der Waals surface area contributed by atoms with Crippen molar-refractivity contribution in [3.63, 3.8) is 0 Å². The smallest absolute Gasteiger partial charge is 0.118 e. The number of hydrogen-bond acceptors (Lipinski definition) is 1. The highest BCUT2D eigenvalue weighted by atomic mass is 16.5. The third-order valence-electron chi connectivity index (χ3n) is 4.79. The normalized spacial score (nSPS) is 20.4. The molecule has 0 aromatic heterocycles. The number of benzene rings is 2. The molecular weight excluding hydrogens is 280 g/mol. The van der Waals surface area contributed by atoms with Gasteiger partial charge in [0, 0.05) is 11.5 Å². The molecule has 0 heterocycles. The lowest BCUT2D eigenvalue weighted by atomic mass is 9.79. The molecule has 1 heteroatoms. The molecule has 1 saturated carbocycles. The zero-order chi connectivity index (χ0) is 16.1. The van der Waals surface area contributed by atoms with E-state index in [9.17, 15) is 0 Å². The van der Waals surface area contributed by atoms with E-state index in [0.717, 1.165) is 17.2 Å². The van der Waals surface area contributed by atoms with E-state index in [2.05, 4.69) is 43.0 Å². The van der Waals surface area contributed by atoms with Crippen molar-refractivity contribution in [3.8, 4) is 17.6 Å². The van der Waals surface area contributed by atoms with E-state index < -0.39 is 0 Å². The monoisotopic (exact) mass is 304 g/mol. The van der Waals surface area contributed by atoms with Crippen molar-refractivity contribution in [1.29, 1.82) is 0 Å². The molecule has 3 rings (SSSR count). The molecule has 23 heavy (non-hydrogen) atoms. The fraction of sp³-hybridized carbons (Fsp3) is 0.364. The predicted molar refractivity (Wildman–Crippen MR) is 95.8 cm³/mol. The van der Waals surface area contributed by atoms with E-state index in [1.54, 1.807) is 7.11 Å². The molecule has 0 amide bonds. The summed E-state index contributed by atoms with van der Waals surface area (Å²) in [6.45, 7) is 2.15. The molecule has 0 radical (unpaired) electrons. The first-order chi connectivity index (χ1) is 11.2. The van der Waals surface area contributed by atoms with Crippen LogP contribution >= 0.6 is 0 Å². The van der Waals surface area contributed by atoms with Crippen LogP contribution in [0.3, 0.4) is 0 Å². The second kappa shape index (κ2) is 7.38. The minimum absolute atomic E-state index is 0.541. The average molecular weight is 304 g/mol. The topological polar surface area (TPSA) is 9.23 Å². The van der Waals surface area contributed by atoms with Crippen molar-refractivity contribution in [2.75, 3.05) is 7.11 Å². The number of ether oxygens (including phenoxy) is 1. The molecule has 0 unspecified atom stereocenters. The summed E-state index contributed by atoms with van der Waals surface area (Å²) in [5, 5.41) is 0. The third-order valence-corrected chi connectivity index (χ3v) is 4.79. The Hall–Kier alpha value is -2.20. The summed E-state index contributed by atoms with van der Waals surface area (Å²) in [5.41, 5.74) is 3.91. The summed E-state index contributed by atoms with van der Waals surface area (Å²) in [7, 11) is 1.69. The molecular formula is C22H24O. The van der Waals surface area contributed by atoms with E-state index in [1.165, 1.54) is 36.8 Å². The maximum absolute atomic E-state index is 5.18. The zero-order valence-corrected chi connectivity index (χ0v) is 14.0. The SMILES string of the molecule is COc1ccc(C#C[C@H]2CC[C@H](c3ccc(C)cc3)CC2)cc1. The minimum Gasteiger partial charge on any atom is -0.497 e. The summed E-state index contributed by atoms with van der Waals surface area (Å²) in [4.78, 5) is 0. The van der Waals surface area contributed by atoms with Gasteiger partial charge in [-0.25, -0.2) is 0 Å². The van der Waals surface area contributed by atoms with E-state index >= 15 is 0 Å². The molecule has 2 aromatic rings. The molecule has 118 valence electrons. The summed E-state index contributed by atoms with van der Waals surface area (Å²) in [5.74, 6) is 8.93. The van der Waals surface area contributed by atoms with Crippen LogP contribution in [0.5, 0.6) is 5.75 Å². The summed E-state index contributed by atoms with van der Waals surface area (Å²) < 4.78 is 5.18. The second-order valence-corrected chi connectivity index (χ2v) is 6.46. The van der Waals surface area contributed by atoms with Gasteiger partial charge in [-0.15, -0.1) is 0 Å². The predicted octanol–water partition coefficient (Wildman–Crippen LogP) is 5.33. The third kappa shape index (κ3) is 4.17. The minimum atomic E-state index is 0.541. The Morgan fingerprint density at radius 1 is 0.870 bits per heavy atom. The highest BCUT2D eigenvalue weighted by molar-refractivity contribution is 5.38. The van der Waals surface area contributed by atoms with E-state index in [0.29, 0.717) is 5.92 Å². The van der Waals surface area contributed by atoms with Gasteiger partial charge in [-0.05, 0) is 68.4 Å². The van der Waals surface area contributed by atoms with Crippen LogP contribution in [0.2, 0.25) is 0 Å². The molecule has 1 nitrogen and oxygen atoms in total. The highest BCUT2D eigenvalue weighted by Gasteiger charge is 2.20. The van der Waals surface area contributed by atoms with E-state index in [4.69, 9.17) is 4.74 Å². The Morgan fingerprint density at radius 3 is 2.13 bits per heavy atom. The van der Waals surface area contributed by atoms with Gasteiger partial charge in [-0.3, -0.25) is 0 Å². The van der Waals surface area contributed by atoms with Crippen molar-refractivity contribution in [2.45, 2.75) is 38.5 Å². The van der Waals surface area contributed by atoms with Gasteiger partial charge >= 0.3 is 0 Å². The number of rotatable bonds is 2. The first-order valence-corrected chi connectivity index (χ1v) is 8.47. The molecule has 0 atom stereocenters. The summed E-state index contributed by atoms with van der Waals surface area (Å²) >= 11 is 0. The average Bonchev–Trinajstić information content (AvgIpc) is 2.61. The van der Waals surface area contributed by atoms with Crippen LogP contribution in [0.4, 0.5) is 0 Å². The molecule has 0 saturated heterocycles. The van der Waals surface area contributed by atoms with Crippen LogP contribution in [-0.4, -0.2) is 7.11 Å². The van der Waals surface area contributed by atoms with Crippen molar-refractivity contribution in [3.05, 3.63) is 65.2 Å². The Kier molecular flexibility index (Phi) is 5.03. The van der Waals surface area contributed by atoms with Gasteiger partial charge in [0.2, 0.25) is 0 Å². The highest BCUT2D eigenvalue weighted by Crippen LogP contribution is 2.35. The Bertz CT molecular complexity index is 677. The van der Waals surface area contributed by atoms with Gasteiger partial charge in [-0.1, -0.05) is 41.7 Å². The van der Waals surface area contributed by atoms with Gasteiger partial charge in [-0.2, -0.15) is 0 Å². The van der Waals surface area contributed by atoms with E-state index in [-0.39, 0.29) is 0 Å².